The molecular weight excluding hydrogens is 365 g/mol. The molecule has 0 fully saturated rings. The Balaban J connectivity index is 2.31. The quantitative estimate of drug-likeness (QED) is 0.732. The summed E-state index contributed by atoms with van der Waals surface area (Å²) in [6, 6.07) is 12.7. The first-order valence-corrected chi connectivity index (χ1v) is 9.41. The molecule has 142 valence electrons. The molecule has 2 aromatic carbocycles. The number of hydrogen-bond donors (Lipinski definition) is 0. The van der Waals surface area contributed by atoms with Crippen LogP contribution in [-0.4, -0.2) is 44.8 Å². The van der Waals surface area contributed by atoms with Crippen LogP contribution in [0.5, 0.6) is 0 Å². The van der Waals surface area contributed by atoms with Gasteiger partial charge in [-0.05, 0) is 43.9 Å². The van der Waals surface area contributed by atoms with Crippen molar-refractivity contribution in [2.75, 3.05) is 27.2 Å². The summed E-state index contributed by atoms with van der Waals surface area (Å²) in [5.41, 5.74) is -0.0684. The highest BCUT2D eigenvalue weighted by molar-refractivity contribution is 7.89. The summed E-state index contributed by atoms with van der Waals surface area (Å²) in [4.78, 5) is 1.69. The van der Waals surface area contributed by atoms with Crippen LogP contribution in [0.1, 0.15) is 11.1 Å². The number of benzene rings is 2. The highest BCUT2D eigenvalue weighted by Crippen LogP contribution is 2.30. The van der Waals surface area contributed by atoms with Gasteiger partial charge in [0.15, 0.2) is 0 Å². The van der Waals surface area contributed by atoms with Gasteiger partial charge in [0.05, 0.1) is 10.5 Å². The molecule has 0 amide bonds. The van der Waals surface area contributed by atoms with Crippen molar-refractivity contribution in [3.8, 4) is 0 Å². The van der Waals surface area contributed by atoms with Gasteiger partial charge >= 0.3 is 6.18 Å². The minimum atomic E-state index is -4.50. The first kappa shape index (κ1) is 20.4. The molecule has 0 aromatic heterocycles. The SMILES string of the molecule is CN(C)CCN(Cc1ccccc1)S(=O)(=O)c1ccc(C(F)(F)F)cc1. The molecule has 0 heterocycles. The number of halogens is 3. The Kier molecular flexibility index (Phi) is 6.44. The summed E-state index contributed by atoms with van der Waals surface area (Å²) in [5.74, 6) is 0. The molecule has 0 aliphatic carbocycles. The van der Waals surface area contributed by atoms with E-state index >= 15 is 0 Å². The van der Waals surface area contributed by atoms with Crippen molar-refractivity contribution in [3.63, 3.8) is 0 Å². The van der Waals surface area contributed by atoms with Crippen molar-refractivity contribution in [3.05, 3.63) is 65.7 Å². The van der Waals surface area contributed by atoms with Crippen molar-refractivity contribution < 1.29 is 21.6 Å². The van der Waals surface area contributed by atoms with Crippen LogP contribution in [0.3, 0.4) is 0 Å². The summed E-state index contributed by atoms with van der Waals surface area (Å²) in [6.07, 6.45) is -4.50. The van der Waals surface area contributed by atoms with E-state index in [1.165, 1.54) is 4.31 Å². The standard InChI is InChI=1S/C18H21F3N2O2S/c1-22(2)12-13-23(14-15-6-4-3-5-7-15)26(24,25)17-10-8-16(9-11-17)18(19,20)21/h3-11H,12-14H2,1-2H3. The third-order valence-electron chi connectivity index (χ3n) is 3.82. The van der Waals surface area contributed by atoms with Crippen LogP contribution >= 0.6 is 0 Å². The fourth-order valence-corrected chi connectivity index (χ4v) is 3.77. The zero-order valence-corrected chi connectivity index (χ0v) is 15.4. The number of rotatable bonds is 7. The van der Waals surface area contributed by atoms with Gasteiger partial charge in [-0.3, -0.25) is 0 Å². The van der Waals surface area contributed by atoms with E-state index in [4.69, 9.17) is 0 Å². The van der Waals surface area contributed by atoms with E-state index in [0.717, 1.165) is 29.8 Å². The molecule has 0 N–H and O–H groups in total. The van der Waals surface area contributed by atoms with Gasteiger partial charge in [0.2, 0.25) is 10.0 Å². The minimum absolute atomic E-state index is 0.151. The largest absolute Gasteiger partial charge is 0.416 e. The van der Waals surface area contributed by atoms with E-state index in [2.05, 4.69) is 0 Å². The molecule has 0 aliphatic rings. The van der Waals surface area contributed by atoms with Crippen molar-refractivity contribution in [2.45, 2.75) is 17.6 Å². The van der Waals surface area contributed by atoms with Gasteiger partial charge in [0.25, 0.3) is 0 Å². The average Bonchev–Trinajstić information content (AvgIpc) is 2.58. The van der Waals surface area contributed by atoms with Crippen LogP contribution in [0.2, 0.25) is 0 Å². The predicted molar refractivity (Wildman–Crippen MR) is 94.0 cm³/mol. The van der Waals surface area contributed by atoms with Gasteiger partial charge in [-0.25, -0.2) is 8.42 Å². The van der Waals surface area contributed by atoms with Gasteiger partial charge < -0.3 is 4.90 Å². The molecule has 0 saturated heterocycles. The zero-order chi connectivity index (χ0) is 19.4. The van der Waals surface area contributed by atoms with Crippen LogP contribution in [0.4, 0.5) is 13.2 Å². The Labute approximate surface area is 151 Å². The molecule has 4 nitrogen and oxygen atoms in total. The molecule has 0 unspecified atom stereocenters. The lowest BCUT2D eigenvalue weighted by Crippen LogP contribution is -2.36. The molecule has 2 aromatic rings. The normalized spacial score (nSPS) is 12.7. The Morgan fingerprint density at radius 3 is 1.96 bits per heavy atom. The number of alkyl halides is 3. The van der Waals surface area contributed by atoms with Crippen LogP contribution in [-0.2, 0) is 22.7 Å². The van der Waals surface area contributed by atoms with Gasteiger partial charge in [-0.1, -0.05) is 30.3 Å². The van der Waals surface area contributed by atoms with Gasteiger partial charge in [-0.15, -0.1) is 0 Å². The first-order chi connectivity index (χ1) is 12.1. The second-order valence-corrected chi connectivity index (χ2v) is 8.09. The lowest BCUT2D eigenvalue weighted by Gasteiger charge is -2.24. The fourth-order valence-electron chi connectivity index (χ4n) is 2.35. The Bertz CT molecular complexity index is 805. The molecule has 0 atom stereocenters. The molecule has 0 aliphatic heterocycles. The molecule has 8 heteroatoms. The topological polar surface area (TPSA) is 40.6 Å². The third kappa shape index (κ3) is 5.30. The lowest BCUT2D eigenvalue weighted by atomic mass is 10.2. The second kappa shape index (κ2) is 8.20. The summed E-state index contributed by atoms with van der Waals surface area (Å²) >= 11 is 0. The fraction of sp³-hybridized carbons (Fsp3) is 0.333. The number of nitrogens with zero attached hydrogens (tertiary/aromatic N) is 2. The maximum Gasteiger partial charge on any atom is 0.416 e. The smallest absolute Gasteiger partial charge is 0.308 e. The van der Waals surface area contributed by atoms with Crippen molar-refractivity contribution >= 4 is 10.0 Å². The molecule has 2 rings (SSSR count). The molecule has 0 bridgehead atoms. The maximum absolute atomic E-state index is 12.9. The number of sulfonamides is 1. The zero-order valence-electron chi connectivity index (χ0n) is 14.6. The van der Waals surface area contributed by atoms with E-state index in [0.29, 0.717) is 6.54 Å². The Morgan fingerprint density at radius 2 is 1.46 bits per heavy atom. The monoisotopic (exact) mass is 386 g/mol. The van der Waals surface area contributed by atoms with Gasteiger partial charge in [-0.2, -0.15) is 17.5 Å². The van der Waals surface area contributed by atoms with E-state index in [1.54, 1.807) is 0 Å². The predicted octanol–water partition coefficient (Wildman–Crippen LogP) is 3.46. The van der Waals surface area contributed by atoms with Crippen molar-refractivity contribution in [2.24, 2.45) is 0 Å². The summed E-state index contributed by atoms with van der Waals surface area (Å²) in [6.45, 7) is 0.871. The van der Waals surface area contributed by atoms with E-state index in [9.17, 15) is 21.6 Å². The van der Waals surface area contributed by atoms with Crippen LogP contribution in [0.15, 0.2) is 59.5 Å². The first-order valence-electron chi connectivity index (χ1n) is 7.97. The lowest BCUT2D eigenvalue weighted by molar-refractivity contribution is -0.137. The molecular formula is C18H21F3N2O2S. The maximum atomic E-state index is 12.9. The summed E-state index contributed by atoms with van der Waals surface area (Å²) in [7, 11) is -0.268. The number of hydrogen-bond acceptors (Lipinski definition) is 3. The highest BCUT2D eigenvalue weighted by Gasteiger charge is 2.31. The average molecular weight is 386 g/mol. The van der Waals surface area contributed by atoms with E-state index in [-0.39, 0.29) is 18.0 Å². The summed E-state index contributed by atoms with van der Waals surface area (Å²) in [5, 5.41) is 0. The van der Waals surface area contributed by atoms with Crippen LogP contribution in [0.25, 0.3) is 0 Å². The van der Waals surface area contributed by atoms with E-state index in [1.807, 2.05) is 49.3 Å². The van der Waals surface area contributed by atoms with Gasteiger partial charge in [0.1, 0.15) is 0 Å². The van der Waals surface area contributed by atoms with E-state index < -0.39 is 21.8 Å². The number of likely N-dealkylation sites (N-methyl/N-ethyl adjacent to an activating group) is 1. The molecule has 0 spiro atoms. The van der Waals surface area contributed by atoms with Crippen LogP contribution < -0.4 is 0 Å². The van der Waals surface area contributed by atoms with Crippen molar-refractivity contribution in [1.29, 1.82) is 0 Å². The Hall–Kier alpha value is -1.90. The Morgan fingerprint density at radius 1 is 0.885 bits per heavy atom. The van der Waals surface area contributed by atoms with Gasteiger partial charge in [0, 0.05) is 19.6 Å². The second-order valence-electron chi connectivity index (χ2n) is 6.15. The van der Waals surface area contributed by atoms with Crippen molar-refractivity contribution in [1.82, 2.24) is 9.21 Å². The third-order valence-corrected chi connectivity index (χ3v) is 5.68. The summed E-state index contributed by atoms with van der Waals surface area (Å²) < 4.78 is 65.3. The minimum Gasteiger partial charge on any atom is -0.308 e. The molecule has 0 radical (unpaired) electrons. The molecule has 0 saturated carbocycles. The molecule has 26 heavy (non-hydrogen) atoms. The van der Waals surface area contributed by atoms with Crippen LogP contribution in [0, 0.1) is 0 Å². The highest BCUT2D eigenvalue weighted by atomic mass is 32.2.